The molecule has 0 aromatic carbocycles. The molecule has 1 saturated carbocycles. The van der Waals surface area contributed by atoms with Gasteiger partial charge in [-0.05, 0) is 24.2 Å². The van der Waals surface area contributed by atoms with Crippen LogP contribution in [-0.2, 0) is 0 Å². The fourth-order valence-corrected chi connectivity index (χ4v) is 3.75. The number of hydrogen-bond acceptors (Lipinski definition) is 0. The summed E-state index contributed by atoms with van der Waals surface area (Å²) in [5.41, 5.74) is 0. The molecule has 0 heterocycles. The molecule has 1 unspecified atom stereocenters. The lowest BCUT2D eigenvalue weighted by Crippen LogP contribution is -2.12. The van der Waals surface area contributed by atoms with Crippen molar-refractivity contribution < 1.29 is 0 Å². The largest absolute Gasteiger partial charge is 0.0654 e. The van der Waals surface area contributed by atoms with Crippen molar-refractivity contribution in [2.24, 2.45) is 17.8 Å². The van der Waals surface area contributed by atoms with E-state index in [1.807, 2.05) is 0 Å². The summed E-state index contributed by atoms with van der Waals surface area (Å²) in [6, 6.07) is 0. The Balaban J connectivity index is 2.20. The Kier molecular flexibility index (Phi) is 9.65. The number of hydrogen-bond donors (Lipinski definition) is 0. The van der Waals surface area contributed by atoms with Crippen LogP contribution in [-0.4, -0.2) is 0 Å². The van der Waals surface area contributed by atoms with Crippen molar-refractivity contribution in [3.8, 4) is 0 Å². The summed E-state index contributed by atoms with van der Waals surface area (Å²) >= 11 is 0. The maximum Gasteiger partial charge on any atom is -0.0412 e. The van der Waals surface area contributed by atoms with Crippen molar-refractivity contribution >= 4 is 0 Å². The zero-order valence-corrected chi connectivity index (χ0v) is 13.9. The van der Waals surface area contributed by atoms with Gasteiger partial charge in [0.1, 0.15) is 0 Å². The van der Waals surface area contributed by atoms with Crippen LogP contribution in [0.5, 0.6) is 0 Å². The van der Waals surface area contributed by atoms with E-state index in [2.05, 4.69) is 20.8 Å². The smallest absolute Gasteiger partial charge is 0.0412 e. The molecule has 1 atom stereocenters. The molecule has 114 valence electrons. The van der Waals surface area contributed by atoms with E-state index in [1.54, 1.807) is 6.42 Å². The Morgan fingerprint density at radius 1 is 0.842 bits per heavy atom. The molecule has 1 fully saturated rings. The van der Waals surface area contributed by atoms with E-state index in [0.717, 1.165) is 17.8 Å². The second-order valence-electron chi connectivity index (χ2n) is 7.43. The SMILES string of the molecule is CCCCC(CCCCC(C)C)CC1CCCCC1. The zero-order valence-electron chi connectivity index (χ0n) is 13.9. The Bertz CT molecular complexity index is 188. The molecule has 19 heavy (non-hydrogen) atoms. The molecule has 0 aliphatic heterocycles. The Hall–Kier alpha value is 0. The zero-order chi connectivity index (χ0) is 13.9. The first-order valence-corrected chi connectivity index (χ1v) is 9.22. The van der Waals surface area contributed by atoms with E-state index in [0.29, 0.717) is 0 Å². The molecule has 0 aromatic heterocycles. The van der Waals surface area contributed by atoms with Gasteiger partial charge in [-0.25, -0.2) is 0 Å². The van der Waals surface area contributed by atoms with Gasteiger partial charge in [-0.2, -0.15) is 0 Å². The first kappa shape index (κ1) is 17.1. The Labute approximate surface area is 122 Å². The summed E-state index contributed by atoms with van der Waals surface area (Å²) in [4.78, 5) is 0. The van der Waals surface area contributed by atoms with Crippen LogP contribution in [0, 0.1) is 17.8 Å². The predicted octanol–water partition coefficient (Wildman–Crippen LogP) is 6.98. The molecule has 0 radical (unpaired) electrons. The van der Waals surface area contributed by atoms with Gasteiger partial charge >= 0.3 is 0 Å². The molecule has 0 saturated heterocycles. The molecule has 0 heteroatoms. The molecular weight excluding hydrogens is 228 g/mol. The average Bonchev–Trinajstić information content (AvgIpc) is 2.41. The second-order valence-corrected chi connectivity index (χ2v) is 7.43. The summed E-state index contributed by atoms with van der Waals surface area (Å²) in [7, 11) is 0. The third-order valence-electron chi connectivity index (χ3n) is 5.00. The molecule has 0 amide bonds. The maximum atomic E-state index is 2.36. The fourth-order valence-electron chi connectivity index (χ4n) is 3.75. The third-order valence-corrected chi connectivity index (χ3v) is 5.00. The molecule has 1 rings (SSSR count). The van der Waals surface area contributed by atoms with Crippen molar-refractivity contribution in [3.05, 3.63) is 0 Å². The van der Waals surface area contributed by atoms with E-state index in [9.17, 15) is 0 Å². The van der Waals surface area contributed by atoms with Crippen LogP contribution in [0.3, 0.4) is 0 Å². The molecule has 1 aliphatic rings. The van der Waals surface area contributed by atoms with Gasteiger partial charge in [0.15, 0.2) is 0 Å². The van der Waals surface area contributed by atoms with Crippen molar-refractivity contribution in [1.29, 1.82) is 0 Å². The normalized spacial score (nSPS) is 18.9. The minimum atomic E-state index is 0.896. The van der Waals surface area contributed by atoms with E-state index in [4.69, 9.17) is 0 Å². The minimum absolute atomic E-state index is 0.896. The summed E-state index contributed by atoms with van der Waals surface area (Å²) in [5.74, 6) is 3.03. The molecule has 1 aliphatic carbocycles. The molecular formula is C19H38. The van der Waals surface area contributed by atoms with Crippen LogP contribution in [0.1, 0.15) is 104 Å². The van der Waals surface area contributed by atoms with Gasteiger partial charge in [-0.1, -0.05) is 97.8 Å². The van der Waals surface area contributed by atoms with E-state index in [-0.39, 0.29) is 0 Å². The van der Waals surface area contributed by atoms with Crippen LogP contribution < -0.4 is 0 Å². The molecule has 0 nitrogen and oxygen atoms in total. The summed E-state index contributed by atoms with van der Waals surface area (Å²) in [6.07, 6.45) is 19.4. The molecule has 0 spiro atoms. The fraction of sp³-hybridized carbons (Fsp3) is 1.00. The standard InChI is InChI=1S/C19H38/c1-4-5-12-18(15-10-9-11-17(2)3)16-19-13-7-6-8-14-19/h17-19H,4-16H2,1-3H3. The van der Waals surface area contributed by atoms with Crippen molar-refractivity contribution in [2.45, 2.75) is 104 Å². The van der Waals surface area contributed by atoms with Gasteiger partial charge < -0.3 is 0 Å². The lowest BCUT2D eigenvalue weighted by atomic mass is 9.79. The maximum absolute atomic E-state index is 2.36. The van der Waals surface area contributed by atoms with Gasteiger partial charge in [0.05, 0.1) is 0 Å². The van der Waals surface area contributed by atoms with E-state index < -0.39 is 0 Å². The van der Waals surface area contributed by atoms with Crippen LogP contribution >= 0.6 is 0 Å². The number of rotatable bonds is 10. The highest BCUT2D eigenvalue weighted by Gasteiger charge is 2.18. The van der Waals surface area contributed by atoms with Crippen LogP contribution in [0.25, 0.3) is 0 Å². The van der Waals surface area contributed by atoms with Crippen molar-refractivity contribution in [3.63, 3.8) is 0 Å². The lowest BCUT2D eigenvalue weighted by Gasteiger charge is -2.26. The highest BCUT2D eigenvalue weighted by molar-refractivity contribution is 4.71. The molecule has 0 bridgehead atoms. The average molecular weight is 267 g/mol. The van der Waals surface area contributed by atoms with Crippen molar-refractivity contribution in [2.75, 3.05) is 0 Å². The first-order valence-electron chi connectivity index (χ1n) is 9.22. The first-order chi connectivity index (χ1) is 9.22. The quantitative estimate of drug-likeness (QED) is 0.374. The lowest BCUT2D eigenvalue weighted by molar-refractivity contribution is 0.262. The topological polar surface area (TPSA) is 0 Å². The van der Waals surface area contributed by atoms with Gasteiger partial charge in [0.2, 0.25) is 0 Å². The van der Waals surface area contributed by atoms with Crippen LogP contribution in [0.15, 0.2) is 0 Å². The van der Waals surface area contributed by atoms with Gasteiger partial charge in [-0.15, -0.1) is 0 Å². The van der Waals surface area contributed by atoms with Crippen LogP contribution in [0.2, 0.25) is 0 Å². The van der Waals surface area contributed by atoms with Crippen LogP contribution in [0.4, 0.5) is 0 Å². The van der Waals surface area contributed by atoms with Gasteiger partial charge in [-0.3, -0.25) is 0 Å². The Morgan fingerprint density at radius 2 is 1.47 bits per heavy atom. The summed E-state index contributed by atoms with van der Waals surface area (Å²) in [6.45, 7) is 7.06. The number of unbranched alkanes of at least 4 members (excludes halogenated alkanes) is 2. The van der Waals surface area contributed by atoms with Gasteiger partial charge in [0, 0.05) is 0 Å². The highest BCUT2D eigenvalue weighted by Crippen LogP contribution is 2.33. The minimum Gasteiger partial charge on any atom is -0.0654 e. The summed E-state index contributed by atoms with van der Waals surface area (Å²) in [5, 5.41) is 0. The van der Waals surface area contributed by atoms with E-state index in [1.165, 1.54) is 77.0 Å². The van der Waals surface area contributed by atoms with E-state index >= 15 is 0 Å². The van der Waals surface area contributed by atoms with Crippen molar-refractivity contribution in [1.82, 2.24) is 0 Å². The second kappa shape index (κ2) is 10.7. The van der Waals surface area contributed by atoms with Gasteiger partial charge in [0.25, 0.3) is 0 Å². The monoisotopic (exact) mass is 266 g/mol. The molecule has 0 N–H and O–H groups in total. The Morgan fingerprint density at radius 3 is 2.11 bits per heavy atom. The third kappa shape index (κ3) is 8.71. The predicted molar refractivity (Wildman–Crippen MR) is 87.5 cm³/mol. The molecule has 0 aromatic rings. The summed E-state index contributed by atoms with van der Waals surface area (Å²) < 4.78 is 0. The highest BCUT2D eigenvalue weighted by atomic mass is 14.2.